The van der Waals surface area contributed by atoms with Gasteiger partial charge in [-0.1, -0.05) is 6.92 Å². The molecular formula is C14H22N2O. The van der Waals surface area contributed by atoms with Crippen molar-refractivity contribution in [3.05, 3.63) is 23.4 Å². The van der Waals surface area contributed by atoms with Crippen molar-refractivity contribution < 1.29 is 5.11 Å². The zero-order chi connectivity index (χ0) is 12.4. The molecule has 1 aliphatic rings. The Kier molecular flexibility index (Phi) is 3.67. The normalized spacial score (nSPS) is 24.4. The Morgan fingerprint density at radius 1 is 1.41 bits per heavy atom. The van der Waals surface area contributed by atoms with Gasteiger partial charge in [-0.3, -0.25) is 0 Å². The molecule has 2 rings (SSSR count). The minimum Gasteiger partial charge on any atom is -0.392 e. The molecule has 2 heterocycles. The second kappa shape index (κ2) is 5.05. The third kappa shape index (κ3) is 2.44. The summed E-state index contributed by atoms with van der Waals surface area (Å²) < 4.78 is 0. The molecule has 1 saturated heterocycles. The minimum atomic E-state index is 0.0926. The van der Waals surface area contributed by atoms with Crippen molar-refractivity contribution in [1.82, 2.24) is 4.98 Å². The largest absolute Gasteiger partial charge is 0.392 e. The van der Waals surface area contributed by atoms with Crippen LogP contribution >= 0.6 is 0 Å². The smallest absolute Gasteiger partial charge is 0.129 e. The Labute approximate surface area is 103 Å². The van der Waals surface area contributed by atoms with Gasteiger partial charge in [0.15, 0.2) is 0 Å². The van der Waals surface area contributed by atoms with Gasteiger partial charge in [-0.15, -0.1) is 0 Å². The first-order valence-electron chi connectivity index (χ1n) is 6.52. The van der Waals surface area contributed by atoms with Crippen LogP contribution in [0, 0.1) is 6.92 Å². The molecule has 1 aromatic heterocycles. The molecular weight excluding hydrogens is 212 g/mol. The number of hydrogen-bond acceptors (Lipinski definition) is 3. The van der Waals surface area contributed by atoms with Gasteiger partial charge >= 0.3 is 0 Å². The maximum atomic E-state index is 9.27. The molecule has 0 amide bonds. The van der Waals surface area contributed by atoms with Crippen molar-refractivity contribution in [1.29, 1.82) is 0 Å². The molecule has 1 N–H and O–H groups in total. The fourth-order valence-electron chi connectivity index (χ4n) is 2.83. The first-order valence-corrected chi connectivity index (χ1v) is 6.52. The van der Waals surface area contributed by atoms with Crippen LogP contribution in [-0.4, -0.2) is 22.2 Å². The van der Waals surface area contributed by atoms with Crippen LogP contribution in [0.4, 0.5) is 5.82 Å². The maximum absolute atomic E-state index is 9.27. The molecule has 0 aliphatic carbocycles. The zero-order valence-electron chi connectivity index (χ0n) is 11.0. The van der Waals surface area contributed by atoms with E-state index in [0.717, 1.165) is 23.5 Å². The molecule has 94 valence electrons. The summed E-state index contributed by atoms with van der Waals surface area (Å²) in [4.78, 5) is 7.05. The number of aromatic nitrogens is 1. The van der Waals surface area contributed by atoms with E-state index in [9.17, 15) is 5.11 Å². The second-order valence-electron chi connectivity index (χ2n) is 5.03. The van der Waals surface area contributed by atoms with Crippen molar-refractivity contribution in [3.8, 4) is 0 Å². The van der Waals surface area contributed by atoms with E-state index >= 15 is 0 Å². The van der Waals surface area contributed by atoms with E-state index in [1.165, 1.54) is 12.8 Å². The van der Waals surface area contributed by atoms with Gasteiger partial charge in [0.05, 0.1) is 6.61 Å². The van der Waals surface area contributed by atoms with Gasteiger partial charge in [0.2, 0.25) is 0 Å². The summed E-state index contributed by atoms with van der Waals surface area (Å²) in [5.74, 6) is 1.03. The lowest BCUT2D eigenvalue weighted by molar-refractivity contribution is 0.281. The number of aliphatic hydroxyl groups excluding tert-OH is 1. The monoisotopic (exact) mass is 234 g/mol. The maximum Gasteiger partial charge on any atom is 0.129 e. The summed E-state index contributed by atoms with van der Waals surface area (Å²) in [6.07, 6.45) is 3.65. The number of anilines is 1. The molecule has 0 bridgehead atoms. The quantitative estimate of drug-likeness (QED) is 0.873. The van der Waals surface area contributed by atoms with Gasteiger partial charge in [0.25, 0.3) is 0 Å². The molecule has 2 atom stereocenters. The minimum absolute atomic E-state index is 0.0926. The van der Waals surface area contributed by atoms with E-state index in [-0.39, 0.29) is 6.61 Å². The van der Waals surface area contributed by atoms with Gasteiger partial charge in [-0.2, -0.15) is 0 Å². The second-order valence-corrected chi connectivity index (χ2v) is 5.03. The van der Waals surface area contributed by atoms with Crippen LogP contribution in [0.15, 0.2) is 12.1 Å². The Bertz CT molecular complexity index is 392. The molecule has 2 unspecified atom stereocenters. The van der Waals surface area contributed by atoms with Gasteiger partial charge in [0, 0.05) is 17.8 Å². The highest BCUT2D eigenvalue weighted by molar-refractivity contribution is 5.45. The molecule has 0 spiro atoms. The molecule has 17 heavy (non-hydrogen) atoms. The van der Waals surface area contributed by atoms with Crippen LogP contribution < -0.4 is 4.90 Å². The Hall–Kier alpha value is -1.09. The predicted octanol–water partition coefficient (Wildman–Crippen LogP) is 2.65. The topological polar surface area (TPSA) is 36.4 Å². The number of rotatable bonds is 3. The average molecular weight is 234 g/mol. The predicted molar refractivity (Wildman–Crippen MR) is 70.2 cm³/mol. The molecule has 1 fully saturated rings. The molecule has 0 saturated carbocycles. The van der Waals surface area contributed by atoms with E-state index < -0.39 is 0 Å². The summed E-state index contributed by atoms with van der Waals surface area (Å²) in [6.45, 7) is 6.58. The van der Waals surface area contributed by atoms with E-state index in [1.807, 2.05) is 19.1 Å². The summed E-state index contributed by atoms with van der Waals surface area (Å²) in [5, 5.41) is 9.27. The number of nitrogens with zero attached hydrogens (tertiary/aromatic N) is 2. The van der Waals surface area contributed by atoms with Gasteiger partial charge in [-0.05, 0) is 50.8 Å². The van der Waals surface area contributed by atoms with Crippen LogP contribution in [0.25, 0.3) is 0 Å². The lowest BCUT2D eigenvalue weighted by Crippen LogP contribution is -2.35. The molecule has 1 aromatic rings. The number of hydrogen-bond donors (Lipinski definition) is 1. The SMILES string of the molecule is CCC1CCC(C)N1c1cc(CO)cc(C)n1. The van der Waals surface area contributed by atoms with Crippen LogP contribution in [-0.2, 0) is 6.61 Å². The van der Waals surface area contributed by atoms with Gasteiger partial charge in [-0.25, -0.2) is 4.98 Å². The third-order valence-corrected chi connectivity index (χ3v) is 3.70. The van der Waals surface area contributed by atoms with Crippen LogP contribution in [0.1, 0.15) is 44.4 Å². The van der Waals surface area contributed by atoms with Gasteiger partial charge < -0.3 is 10.0 Å². The first kappa shape index (κ1) is 12.4. The Morgan fingerprint density at radius 3 is 2.82 bits per heavy atom. The summed E-state index contributed by atoms with van der Waals surface area (Å²) in [7, 11) is 0. The highest BCUT2D eigenvalue weighted by Gasteiger charge is 2.30. The number of pyridine rings is 1. The number of aliphatic hydroxyl groups is 1. The van der Waals surface area contributed by atoms with Gasteiger partial charge in [0.1, 0.15) is 5.82 Å². The lowest BCUT2D eigenvalue weighted by Gasteiger charge is -2.29. The average Bonchev–Trinajstić information content (AvgIpc) is 2.69. The van der Waals surface area contributed by atoms with E-state index in [2.05, 4.69) is 23.7 Å². The van der Waals surface area contributed by atoms with Crippen molar-refractivity contribution >= 4 is 5.82 Å². The van der Waals surface area contributed by atoms with E-state index in [1.54, 1.807) is 0 Å². The highest BCUT2D eigenvalue weighted by atomic mass is 16.3. The molecule has 3 heteroatoms. The van der Waals surface area contributed by atoms with E-state index in [4.69, 9.17) is 0 Å². The summed E-state index contributed by atoms with van der Waals surface area (Å²) in [5.41, 5.74) is 1.95. The van der Waals surface area contributed by atoms with Crippen molar-refractivity contribution in [2.24, 2.45) is 0 Å². The molecule has 1 aliphatic heterocycles. The van der Waals surface area contributed by atoms with Crippen molar-refractivity contribution in [2.75, 3.05) is 4.90 Å². The fourth-order valence-corrected chi connectivity index (χ4v) is 2.83. The Balaban J connectivity index is 2.34. The third-order valence-electron chi connectivity index (χ3n) is 3.70. The van der Waals surface area contributed by atoms with E-state index in [0.29, 0.717) is 12.1 Å². The summed E-state index contributed by atoms with van der Waals surface area (Å²) in [6, 6.07) is 5.13. The van der Waals surface area contributed by atoms with Crippen LogP contribution in [0.3, 0.4) is 0 Å². The zero-order valence-corrected chi connectivity index (χ0v) is 11.0. The fraction of sp³-hybridized carbons (Fsp3) is 0.643. The lowest BCUT2D eigenvalue weighted by atomic mass is 10.1. The van der Waals surface area contributed by atoms with Crippen LogP contribution in [0.5, 0.6) is 0 Å². The van der Waals surface area contributed by atoms with Crippen LogP contribution in [0.2, 0.25) is 0 Å². The standard InChI is InChI=1S/C14H22N2O/c1-4-13-6-5-11(3)16(13)14-8-12(9-17)7-10(2)15-14/h7-8,11,13,17H,4-6,9H2,1-3H3. The highest BCUT2D eigenvalue weighted by Crippen LogP contribution is 2.31. The summed E-state index contributed by atoms with van der Waals surface area (Å²) >= 11 is 0. The molecule has 3 nitrogen and oxygen atoms in total. The number of aryl methyl sites for hydroxylation is 1. The van der Waals surface area contributed by atoms with Crippen molar-refractivity contribution in [2.45, 2.75) is 58.7 Å². The molecule has 0 radical (unpaired) electrons. The first-order chi connectivity index (χ1) is 8.15. The molecule has 0 aromatic carbocycles. The Morgan fingerprint density at radius 2 is 2.18 bits per heavy atom. The van der Waals surface area contributed by atoms with Crippen molar-refractivity contribution in [3.63, 3.8) is 0 Å².